The molecule has 0 fully saturated rings. The number of nitrogens with zero attached hydrogens (tertiary/aromatic N) is 2. The number of halogens is 2. The highest BCUT2D eigenvalue weighted by Gasteiger charge is 2.14. The zero-order valence-electron chi connectivity index (χ0n) is 25.1. The first-order valence-corrected chi connectivity index (χ1v) is 16.8. The van der Waals surface area contributed by atoms with Crippen LogP contribution in [0.5, 0.6) is 5.75 Å². The minimum absolute atomic E-state index is 0. The van der Waals surface area contributed by atoms with Crippen LogP contribution in [-0.4, -0.2) is 29.8 Å². The van der Waals surface area contributed by atoms with Crippen molar-refractivity contribution in [1.82, 2.24) is 4.90 Å². The van der Waals surface area contributed by atoms with Gasteiger partial charge in [0.2, 0.25) is 5.91 Å². The van der Waals surface area contributed by atoms with Gasteiger partial charge in [0, 0.05) is 31.9 Å². The monoisotopic (exact) mass is 664 g/mol. The average molecular weight is 666 g/mol. The van der Waals surface area contributed by atoms with Gasteiger partial charge in [-0.15, -0.1) is 28.7 Å². The molecule has 0 spiro atoms. The number of carbonyl (C=O) groups is 1. The minimum atomic E-state index is 0. The van der Waals surface area contributed by atoms with E-state index in [0.717, 1.165) is 42.3 Å². The number of hydrogen-bond donors (Lipinski definition) is 0. The molecule has 2 aromatic rings. The molecular weight excluding hydrogens is 616 g/mol. The molecule has 0 unspecified atom stereocenters. The number of benzene rings is 2. The number of anilines is 1. The molecule has 3 rings (SSSR count). The van der Waals surface area contributed by atoms with E-state index in [-0.39, 0.29) is 22.9 Å². The normalized spacial score (nSPS) is 12.4. The summed E-state index contributed by atoms with van der Waals surface area (Å²) in [6.07, 6.45) is 18.9. The Labute approximate surface area is 269 Å². The first kappa shape index (κ1) is 35.6. The van der Waals surface area contributed by atoms with Crippen LogP contribution in [0.2, 0.25) is 5.02 Å². The Balaban J connectivity index is 0.00000588. The predicted molar refractivity (Wildman–Crippen MR) is 184 cm³/mol. The Morgan fingerprint density at radius 1 is 0.927 bits per heavy atom. The third kappa shape index (κ3) is 13.9. The maximum atomic E-state index is 12.5. The highest BCUT2D eigenvalue weighted by Crippen LogP contribution is 2.27. The Hall–Kier alpha value is -1.63. The van der Waals surface area contributed by atoms with Crippen molar-refractivity contribution in [3.63, 3.8) is 0 Å². The van der Waals surface area contributed by atoms with Gasteiger partial charge in [-0.25, -0.2) is 0 Å². The van der Waals surface area contributed by atoms with E-state index in [2.05, 4.69) is 41.6 Å². The van der Waals surface area contributed by atoms with Crippen molar-refractivity contribution in [2.24, 2.45) is 0 Å². The van der Waals surface area contributed by atoms with Crippen molar-refractivity contribution in [3.05, 3.63) is 70.2 Å². The number of amides is 1. The average Bonchev–Trinajstić information content (AvgIpc) is 3.45. The van der Waals surface area contributed by atoms with Gasteiger partial charge in [-0.1, -0.05) is 107 Å². The Bertz CT molecular complexity index is 1050. The molecule has 228 valence electrons. The Kier molecular flexibility index (Phi) is 18.3. The second-order valence-corrected chi connectivity index (χ2v) is 12.2. The quantitative estimate of drug-likeness (QED) is 0.132. The van der Waals surface area contributed by atoms with Crippen molar-refractivity contribution in [1.29, 1.82) is 0 Å². The number of hydrogen-bond acceptors (Lipinski definition) is 4. The summed E-state index contributed by atoms with van der Waals surface area (Å²) >= 11 is 8.36. The predicted octanol–water partition coefficient (Wildman–Crippen LogP) is 10.6. The summed E-state index contributed by atoms with van der Waals surface area (Å²) in [6.45, 7) is 6.06. The van der Waals surface area contributed by atoms with Gasteiger partial charge in [0.25, 0.3) is 0 Å². The number of unbranched alkanes of at least 4 members (excludes halogenated alkanes) is 11. The fraction of sp³-hybridized carbons (Fsp3) is 0.559. The van der Waals surface area contributed by atoms with E-state index >= 15 is 0 Å². The Morgan fingerprint density at radius 2 is 1.61 bits per heavy atom. The molecule has 1 aliphatic heterocycles. The molecule has 0 bridgehead atoms. The molecule has 41 heavy (non-hydrogen) atoms. The van der Waals surface area contributed by atoms with Crippen LogP contribution in [0.25, 0.3) is 0 Å². The molecule has 0 saturated carbocycles. The van der Waals surface area contributed by atoms with Gasteiger partial charge >= 0.3 is 0 Å². The van der Waals surface area contributed by atoms with Crippen molar-refractivity contribution >= 4 is 51.9 Å². The number of thioether (sulfide) groups is 1. The number of ether oxygens (including phenoxy) is 1. The molecule has 1 aliphatic rings. The summed E-state index contributed by atoms with van der Waals surface area (Å²) in [4.78, 5) is 16.6. The van der Waals surface area contributed by atoms with E-state index < -0.39 is 0 Å². The van der Waals surface area contributed by atoms with Gasteiger partial charge in [-0.2, -0.15) is 0 Å². The van der Waals surface area contributed by atoms with Gasteiger partial charge < -0.3 is 14.5 Å². The van der Waals surface area contributed by atoms with E-state index in [1.807, 2.05) is 29.2 Å². The zero-order chi connectivity index (χ0) is 28.4. The van der Waals surface area contributed by atoms with Gasteiger partial charge in [-0.05, 0) is 53.6 Å². The Morgan fingerprint density at radius 3 is 2.22 bits per heavy atom. The molecule has 0 N–H and O–H groups in total. The summed E-state index contributed by atoms with van der Waals surface area (Å²) in [7, 11) is 0. The third-order valence-corrected chi connectivity index (χ3v) is 8.56. The van der Waals surface area contributed by atoms with Crippen LogP contribution in [0.3, 0.4) is 0 Å². The van der Waals surface area contributed by atoms with E-state index in [1.54, 1.807) is 18.7 Å². The highest BCUT2D eigenvalue weighted by atomic mass is 79.9. The maximum Gasteiger partial charge on any atom is 0.223 e. The topological polar surface area (TPSA) is 32.8 Å². The van der Waals surface area contributed by atoms with Crippen molar-refractivity contribution in [3.8, 4) is 5.75 Å². The smallest absolute Gasteiger partial charge is 0.223 e. The van der Waals surface area contributed by atoms with E-state index in [0.29, 0.717) is 18.2 Å². The van der Waals surface area contributed by atoms with Crippen LogP contribution in [-0.2, 0) is 17.8 Å². The molecule has 0 aromatic heterocycles. The molecule has 2 aromatic carbocycles. The lowest BCUT2D eigenvalue weighted by Gasteiger charge is -2.23. The molecule has 0 radical (unpaired) electrons. The first-order chi connectivity index (χ1) is 19.6. The van der Waals surface area contributed by atoms with E-state index in [1.165, 1.54) is 76.2 Å². The number of rotatable bonds is 20. The summed E-state index contributed by atoms with van der Waals surface area (Å²) < 4.78 is 5.98. The zero-order valence-corrected chi connectivity index (χ0v) is 28.4. The minimum Gasteiger partial charge on any atom is -0.492 e. The van der Waals surface area contributed by atoms with Crippen molar-refractivity contribution in [2.75, 3.05) is 23.9 Å². The van der Waals surface area contributed by atoms with Crippen molar-refractivity contribution in [2.45, 2.75) is 104 Å². The summed E-state index contributed by atoms with van der Waals surface area (Å²) in [5.74, 6) is 1.77. The van der Waals surface area contributed by atoms with Gasteiger partial charge in [0.15, 0.2) is 0 Å². The first-order valence-electron chi connectivity index (χ1n) is 15.4. The lowest BCUT2D eigenvalue weighted by atomic mass is 10.1. The fourth-order valence-corrected chi connectivity index (χ4v) is 6.09. The molecule has 0 saturated heterocycles. The van der Waals surface area contributed by atoms with Crippen LogP contribution in [0.15, 0.2) is 54.1 Å². The second kappa shape index (κ2) is 21.1. The molecule has 4 nitrogen and oxygen atoms in total. The van der Waals surface area contributed by atoms with Gasteiger partial charge in [0.05, 0.1) is 17.5 Å². The molecule has 0 aliphatic carbocycles. The second-order valence-electron chi connectivity index (χ2n) is 10.9. The van der Waals surface area contributed by atoms with E-state index in [4.69, 9.17) is 16.3 Å². The lowest BCUT2D eigenvalue weighted by Crippen LogP contribution is -2.30. The van der Waals surface area contributed by atoms with Crippen LogP contribution >= 0.6 is 40.3 Å². The molecular formula is C34H50BrClN2O2S. The van der Waals surface area contributed by atoms with Gasteiger partial charge in [0.1, 0.15) is 5.75 Å². The fourth-order valence-electron chi connectivity index (χ4n) is 5.12. The molecule has 0 atom stereocenters. The van der Waals surface area contributed by atoms with Crippen molar-refractivity contribution < 1.29 is 9.53 Å². The number of carbonyl (C=O) groups excluding carboxylic acids is 1. The largest absolute Gasteiger partial charge is 0.492 e. The standard InChI is InChI=1S/C34H49ClN2O2S.BrH/c1-3-4-5-6-7-8-9-10-11-12-13-14-23-39-34-19-18-30(26-33(34)35)20-21-37(29(2)38)32-17-15-16-31(25-32)27-36-22-24-40-28-36;/h15-19,22,24-26H,3-14,20-21,23,27-28H2,1-2H3;1H. The summed E-state index contributed by atoms with van der Waals surface area (Å²) in [5.41, 5.74) is 3.24. The summed E-state index contributed by atoms with van der Waals surface area (Å²) in [5, 5.41) is 2.76. The van der Waals surface area contributed by atoms with Crippen LogP contribution in [0.4, 0.5) is 5.69 Å². The summed E-state index contributed by atoms with van der Waals surface area (Å²) in [6, 6.07) is 14.3. The van der Waals surface area contributed by atoms with Crippen LogP contribution < -0.4 is 9.64 Å². The third-order valence-electron chi connectivity index (χ3n) is 7.47. The molecule has 7 heteroatoms. The lowest BCUT2D eigenvalue weighted by molar-refractivity contribution is -0.116. The maximum absolute atomic E-state index is 12.5. The molecule has 1 amide bonds. The van der Waals surface area contributed by atoms with Crippen LogP contribution in [0, 0.1) is 0 Å². The van der Waals surface area contributed by atoms with Crippen LogP contribution in [0.1, 0.15) is 102 Å². The SMILES string of the molecule is Br.CCCCCCCCCCCCCCOc1ccc(CCN(C(C)=O)c2cccc(CN3C=CSC3)c2)cc1Cl. The van der Waals surface area contributed by atoms with E-state index in [9.17, 15) is 4.79 Å². The molecule has 1 heterocycles. The highest BCUT2D eigenvalue weighted by molar-refractivity contribution is 8.93. The van der Waals surface area contributed by atoms with Gasteiger partial charge in [-0.3, -0.25) is 4.79 Å².